The fourth-order valence-electron chi connectivity index (χ4n) is 0.875. The summed E-state index contributed by atoms with van der Waals surface area (Å²) in [4.78, 5) is 10.6. The number of Topliss-reactive ketones (excluding diaryl/α,β-unsaturated/α-hetero) is 1. The summed E-state index contributed by atoms with van der Waals surface area (Å²) in [5.41, 5.74) is 0. The summed E-state index contributed by atoms with van der Waals surface area (Å²) in [6.45, 7) is 5.70. The first-order valence-corrected chi connectivity index (χ1v) is 3.60. The van der Waals surface area contributed by atoms with E-state index in [0.29, 0.717) is 12.3 Å². The Balaban J connectivity index is 3.71. The largest absolute Gasteiger partial charge is 0.381 e. The molecule has 60 valence electrons. The van der Waals surface area contributed by atoms with Crippen LogP contribution in [0.3, 0.4) is 0 Å². The van der Waals surface area contributed by atoms with E-state index in [2.05, 4.69) is 13.8 Å². The molecule has 2 heteroatoms. The molecule has 0 amide bonds. The minimum atomic E-state index is 0.0949. The Morgan fingerprint density at radius 1 is 1.50 bits per heavy atom. The number of carbonyl (C=O) groups is 1. The Kier molecular flexibility index (Phi) is 4.28. The van der Waals surface area contributed by atoms with Crippen LogP contribution in [0.1, 0.15) is 27.2 Å². The Morgan fingerprint density at radius 3 is 2.10 bits per heavy atom. The summed E-state index contributed by atoms with van der Waals surface area (Å²) in [5.74, 6) is 0.620. The SMILES string of the molecule is COC(CC(C)=O)C(C)C. The van der Waals surface area contributed by atoms with E-state index in [4.69, 9.17) is 4.74 Å². The van der Waals surface area contributed by atoms with E-state index in [1.54, 1.807) is 14.0 Å². The molecule has 0 aliphatic carbocycles. The molecule has 0 rings (SSSR count). The molecule has 2 nitrogen and oxygen atoms in total. The van der Waals surface area contributed by atoms with Crippen LogP contribution in [0.25, 0.3) is 0 Å². The van der Waals surface area contributed by atoms with Gasteiger partial charge in [0.05, 0.1) is 6.10 Å². The quantitative estimate of drug-likeness (QED) is 0.599. The normalized spacial score (nSPS) is 13.7. The molecule has 0 saturated heterocycles. The number of ether oxygens (including phenoxy) is 1. The van der Waals surface area contributed by atoms with Crippen LogP contribution in [0.15, 0.2) is 0 Å². The van der Waals surface area contributed by atoms with Crippen LogP contribution in [-0.4, -0.2) is 19.0 Å². The Morgan fingerprint density at radius 2 is 2.00 bits per heavy atom. The smallest absolute Gasteiger partial charge is 0.132 e. The van der Waals surface area contributed by atoms with Crippen molar-refractivity contribution in [3.05, 3.63) is 0 Å². The molecule has 10 heavy (non-hydrogen) atoms. The van der Waals surface area contributed by atoms with E-state index < -0.39 is 0 Å². The maximum absolute atomic E-state index is 10.6. The highest BCUT2D eigenvalue weighted by atomic mass is 16.5. The minimum Gasteiger partial charge on any atom is -0.381 e. The van der Waals surface area contributed by atoms with Crippen molar-refractivity contribution in [2.24, 2.45) is 5.92 Å². The van der Waals surface area contributed by atoms with Crippen molar-refractivity contribution >= 4 is 5.78 Å². The molecular formula is C8H16O2. The average Bonchev–Trinajstić information content (AvgIpc) is 1.81. The first kappa shape index (κ1) is 9.63. The van der Waals surface area contributed by atoms with Gasteiger partial charge in [-0.2, -0.15) is 0 Å². The summed E-state index contributed by atoms with van der Waals surface area (Å²) >= 11 is 0. The number of rotatable bonds is 4. The molecule has 0 aromatic rings. The number of hydrogen-bond donors (Lipinski definition) is 0. The van der Waals surface area contributed by atoms with E-state index in [0.717, 1.165) is 0 Å². The number of carbonyl (C=O) groups excluding carboxylic acids is 1. The van der Waals surface area contributed by atoms with Gasteiger partial charge in [0, 0.05) is 13.5 Å². The lowest BCUT2D eigenvalue weighted by molar-refractivity contribution is -0.120. The summed E-state index contributed by atoms with van der Waals surface area (Å²) in [7, 11) is 1.65. The standard InChI is InChI=1S/C8H16O2/c1-6(2)8(10-4)5-7(3)9/h6,8H,5H2,1-4H3. The molecule has 1 unspecified atom stereocenters. The van der Waals surface area contributed by atoms with Crippen molar-refractivity contribution in [2.45, 2.75) is 33.3 Å². The van der Waals surface area contributed by atoms with Gasteiger partial charge in [0.25, 0.3) is 0 Å². The van der Waals surface area contributed by atoms with Crippen LogP contribution in [0, 0.1) is 5.92 Å². The highest BCUT2D eigenvalue weighted by Crippen LogP contribution is 2.09. The van der Waals surface area contributed by atoms with E-state index in [1.165, 1.54) is 0 Å². The third kappa shape index (κ3) is 3.62. The zero-order valence-corrected chi connectivity index (χ0v) is 7.18. The predicted molar refractivity (Wildman–Crippen MR) is 40.9 cm³/mol. The summed E-state index contributed by atoms with van der Waals surface area (Å²) in [6.07, 6.45) is 0.631. The Hall–Kier alpha value is -0.370. The summed E-state index contributed by atoms with van der Waals surface area (Å²) in [5, 5.41) is 0. The maximum atomic E-state index is 10.6. The average molecular weight is 144 g/mol. The number of methoxy groups -OCH3 is 1. The van der Waals surface area contributed by atoms with Crippen molar-refractivity contribution < 1.29 is 9.53 Å². The first-order valence-electron chi connectivity index (χ1n) is 3.60. The minimum absolute atomic E-state index is 0.0949. The van der Waals surface area contributed by atoms with Gasteiger partial charge < -0.3 is 4.74 Å². The van der Waals surface area contributed by atoms with Crippen LogP contribution >= 0.6 is 0 Å². The fourth-order valence-corrected chi connectivity index (χ4v) is 0.875. The predicted octanol–water partition coefficient (Wildman–Crippen LogP) is 1.64. The first-order chi connectivity index (χ1) is 4.57. The van der Waals surface area contributed by atoms with Crippen LogP contribution in [0.2, 0.25) is 0 Å². The van der Waals surface area contributed by atoms with Crippen LogP contribution in [0.5, 0.6) is 0 Å². The van der Waals surface area contributed by atoms with Crippen molar-refractivity contribution in [3.8, 4) is 0 Å². The second kappa shape index (κ2) is 4.45. The van der Waals surface area contributed by atoms with Gasteiger partial charge in [-0.05, 0) is 12.8 Å². The van der Waals surface area contributed by atoms with Gasteiger partial charge in [0.15, 0.2) is 0 Å². The lowest BCUT2D eigenvalue weighted by Crippen LogP contribution is -2.20. The van der Waals surface area contributed by atoms with Crippen LogP contribution < -0.4 is 0 Å². The molecule has 0 aromatic heterocycles. The lowest BCUT2D eigenvalue weighted by Gasteiger charge is -2.16. The maximum Gasteiger partial charge on any atom is 0.132 e. The number of hydrogen-bond acceptors (Lipinski definition) is 2. The monoisotopic (exact) mass is 144 g/mol. The highest BCUT2D eigenvalue weighted by Gasteiger charge is 2.13. The van der Waals surface area contributed by atoms with Crippen molar-refractivity contribution in [1.82, 2.24) is 0 Å². The van der Waals surface area contributed by atoms with E-state index in [9.17, 15) is 4.79 Å². The second-order valence-electron chi connectivity index (χ2n) is 2.92. The highest BCUT2D eigenvalue weighted by molar-refractivity contribution is 5.75. The zero-order valence-electron chi connectivity index (χ0n) is 7.18. The van der Waals surface area contributed by atoms with Gasteiger partial charge in [0.1, 0.15) is 5.78 Å². The molecule has 1 atom stereocenters. The molecule has 0 aromatic carbocycles. The molecule has 0 spiro atoms. The van der Waals surface area contributed by atoms with Crippen molar-refractivity contribution in [1.29, 1.82) is 0 Å². The molecule has 0 radical (unpaired) electrons. The number of ketones is 1. The third-order valence-corrected chi connectivity index (χ3v) is 1.53. The third-order valence-electron chi connectivity index (χ3n) is 1.53. The van der Waals surface area contributed by atoms with E-state index >= 15 is 0 Å². The van der Waals surface area contributed by atoms with Gasteiger partial charge in [-0.3, -0.25) is 4.79 Å². The van der Waals surface area contributed by atoms with E-state index in [1.807, 2.05) is 0 Å². The summed E-state index contributed by atoms with van der Waals surface area (Å²) in [6, 6.07) is 0. The molecule has 0 N–H and O–H groups in total. The molecule has 0 heterocycles. The molecule has 0 bridgehead atoms. The molecular weight excluding hydrogens is 128 g/mol. The van der Waals surface area contributed by atoms with Gasteiger partial charge in [-0.25, -0.2) is 0 Å². The Bertz CT molecular complexity index is 108. The van der Waals surface area contributed by atoms with Crippen LogP contribution in [-0.2, 0) is 9.53 Å². The van der Waals surface area contributed by atoms with Gasteiger partial charge in [0.2, 0.25) is 0 Å². The van der Waals surface area contributed by atoms with Crippen molar-refractivity contribution in [2.75, 3.05) is 7.11 Å². The molecule has 0 aliphatic rings. The topological polar surface area (TPSA) is 26.3 Å². The zero-order chi connectivity index (χ0) is 8.15. The van der Waals surface area contributed by atoms with Gasteiger partial charge >= 0.3 is 0 Å². The Labute approximate surface area is 62.6 Å². The molecule has 0 fully saturated rings. The molecule has 0 aliphatic heterocycles. The second-order valence-corrected chi connectivity index (χ2v) is 2.92. The van der Waals surface area contributed by atoms with E-state index in [-0.39, 0.29) is 11.9 Å². The van der Waals surface area contributed by atoms with Gasteiger partial charge in [-0.1, -0.05) is 13.8 Å². The van der Waals surface area contributed by atoms with Crippen LogP contribution in [0.4, 0.5) is 0 Å². The lowest BCUT2D eigenvalue weighted by atomic mass is 10.0. The summed E-state index contributed by atoms with van der Waals surface area (Å²) < 4.78 is 5.10. The molecule has 0 saturated carbocycles. The van der Waals surface area contributed by atoms with Crippen molar-refractivity contribution in [3.63, 3.8) is 0 Å². The van der Waals surface area contributed by atoms with Gasteiger partial charge in [-0.15, -0.1) is 0 Å². The fraction of sp³-hybridized carbons (Fsp3) is 0.875.